The lowest BCUT2D eigenvalue weighted by molar-refractivity contribution is -0.127. The van der Waals surface area contributed by atoms with E-state index >= 15 is 0 Å². The second-order valence-electron chi connectivity index (χ2n) is 5.17. The number of nitriles is 1. The molecule has 17 heavy (non-hydrogen) atoms. The number of hydrogen-bond donors (Lipinski definition) is 1. The van der Waals surface area contributed by atoms with Gasteiger partial charge in [0.1, 0.15) is 5.41 Å². The van der Waals surface area contributed by atoms with Gasteiger partial charge in [-0.15, -0.1) is 0 Å². The number of hydrogen-bond acceptors (Lipinski definition) is 3. The fourth-order valence-corrected chi connectivity index (χ4v) is 2.29. The van der Waals surface area contributed by atoms with Crippen LogP contribution < -0.4 is 5.32 Å². The topological polar surface area (TPSA) is 56.1 Å². The molecule has 1 aliphatic rings. The van der Waals surface area contributed by atoms with Gasteiger partial charge in [-0.3, -0.25) is 4.79 Å². The van der Waals surface area contributed by atoms with E-state index in [0.717, 1.165) is 45.1 Å². The summed E-state index contributed by atoms with van der Waals surface area (Å²) >= 11 is 0. The van der Waals surface area contributed by atoms with E-state index < -0.39 is 5.41 Å². The first-order valence-electron chi connectivity index (χ1n) is 6.45. The molecule has 4 nitrogen and oxygen atoms in total. The summed E-state index contributed by atoms with van der Waals surface area (Å²) in [7, 11) is 4.09. The van der Waals surface area contributed by atoms with Crippen LogP contribution in [-0.4, -0.2) is 38.0 Å². The van der Waals surface area contributed by atoms with Crippen LogP contribution in [0.5, 0.6) is 0 Å². The molecule has 1 saturated carbocycles. The number of carbonyl (C=O) groups is 1. The van der Waals surface area contributed by atoms with E-state index in [2.05, 4.69) is 16.3 Å². The Kier molecular flexibility index (Phi) is 5.43. The van der Waals surface area contributed by atoms with Crippen molar-refractivity contribution in [3.63, 3.8) is 0 Å². The highest BCUT2D eigenvalue weighted by Gasteiger charge is 2.41. The van der Waals surface area contributed by atoms with Crippen molar-refractivity contribution in [2.75, 3.05) is 27.2 Å². The van der Waals surface area contributed by atoms with Crippen LogP contribution in [0.1, 0.15) is 38.5 Å². The van der Waals surface area contributed by atoms with Gasteiger partial charge in [-0.2, -0.15) is 5.26 Å². The average molecular weight is 237 g/mol. The second kappa shape index (κ2) is 6.61. The molecule has 0 atom stereocenters. The molecule has 96 valence electrons. The third-order valence-electron chi connectivity index (χ3n) is 3.42. The fraction of sp³-hybridized carbons (Fsp3) is 0.846. The zero-order chi connectivity index (χ0) is 12.7. The monoisotopic (exact) mass is 237 g/mol. The van der Waals surface area contributed by atoms with Gasteiger partial charge in [0.05, 0.1) is 6.07 Å². The first-order valence-corrected chi connectivity index (χ1v) is 6.45. The SMILES string of the molecule is CN(C)CCCCNC(=O)C1(C#N)CCCC1. The van der Waals surface area contributed by atoms with Gasteiger partial charge in [-0.1, -0.05) is 12.8 Å². The van der Waals surface area contributed by atoms with Crippen LogP contribution in [-0.2, 0) is 4.79 Å². The van der Waals surface area contributed by atoms with Crippen molar-refractivity contribution in [2.45, 2.75) is 38.5 Å². The van der Waals surface area contributed by atoms with Crippen molar-refractivity contribution in [3.05, 3.63) is 0 Å². The molecular formula is C13H23N3O. The maximum Gasteiger partial charge on any atom is 0.240 e. The lowest BCUT2D eigenvalue weighted by Crippen LogP contribution is -2.38. The van der Waals surface area contributed by atoms with Gasteiger partial charge in [0.25, 0.3) is 0 Å². The van der Waals surface area contributed by atoms with E-state index in [4.69, 9.17) is 5.26 Å². The molecule has 0 saturated heterocycles. The van der Waals surface area contributed by atoms with E-state index in [-0.39, 0.29) is 5.91 Å². The molecule has 0 aromatic rings. The van der Waals surface area contributed by atoms with Crippen LogP contribution in [0.3, 0.4) is 0 Å². The Morgan fingerprint density at radius 2 is 2.00 bits per heavy atom. The number of carbonyl (C=O) groups excluding carboxylic acids is 1. The largest absolute Gasteiger partial charge is 0.355 e. The lowest BCUT2D eigenvalue weighted by atomic mass is 9.87. The molecule has 0 aromatic heterocycles. The zero-order valence-corrected chi connectivity index (χ0v) is 11.0. The predicted molar refractivity (Wildman–Crippen MR) is 67.3 cm³/mol. The molecule has 0 aliphatic heterocycles. The Bertz CT molecular complexity index is 288. The summed E-state index contributed by atoms with van der Waals surface area (Å²) in [5.74, 6) is -0.0534. The maximum absolute atomic E-state index is 12.0. The molecule has 1 N–H and O–H groups in total. The zero-order valence-electron chi connectivity index (χ0n) is 11.0. The van der Waals surface area contributed by atoms with Crippen molar-refractivity contribution in [1.29, 1.82) is 5.26 Å². The first-order chi connectivity index (χ1) is 8.10. The molecule has 0 radical (unpaired) electrons. The molecule has 1 rings (SSSR count). The standard InChI is InChI=1S/C13H23N3O/c1-16(2)10-6-5-9-15-12(17)13(11-14)7-3-4-8-13/h3-10H2,1-2H3,(H,15,17). The van der Waals surface area contributed by atoms with E-state index in [1.165, 1.54) is 0 Å². The Balaban J connectivity index is 2.23. The number of nitrogens with zero attached hydrogens (tertiary/aromatic N) is 2. The van der Waals surface area contributed by atoms with Crippen LogP contribution in [0.25, 0.3) is 0 Å². The van der Waals surface area contributed by atoms with Crippen molar-refractivity contribution in [3.8, 4) is 6.07 Å². The van der Waals surface area contributed by atoms with Gasteiger partial charge in [-0.25, -0.2) is 0 Å². The minimum atomic E-state index is -0.721. The molecule has 0 aromatic carbocycles. The first kappa shape index (κ1) is 14.0. The summed E-state index contributed by atoms with van der Waals surface area (Å²) in [5.41, 5.74) is -0.721. The summed E-state index contributed by atoms with van der Waals surface area (Å²) in [6, 6.07) is 2.22. The smallest absolute Gasteiger partial charge is 0.240 e. The van der Waals surface area contributed by atoms with Crippen LogP contribution in [0.4, 0.5) is 0 Å². The van der Waals surface area contributed by atoms with Gasteiger partial charge in [0, 0.05) is 6.54 Å². The number of amides is 1. The molecule has 1 aliphatic carbocycles. The lowest BCUT2D eigenvalue weighted by Gasteiger charge is -2.19. The number of unbranched alkanes of at least 4 members (excludes halogenated alkanes) is 1. The Morgan fingerprint density at radius 1 is 1.35 bits per heavy atom. The predicted octanol–water partition coefficient (Wildman–Crippen LogP) is 1.53. The third kappa shape index (κ3) is 4.01. The molecule has 1 amide bonds. The second-order valence-corrected chi connectivity index (χ2v) is 5.17. The van der Waals surface area contributed by atoms with Crippen LogP contribution in [0, 0.1) is 16.7 Å². The van der Waals surface area contributed by atoms with E-state index in [1.807, 2.05) is 14.1 Å². The molecule has 0 heterocycles. The minimum Gasteiger partial charge on any atom is -0.355 e. The third-order valence-corrected chi connectivity index (χ3v) is 3.42. The minimum absolute atomic E-state index is 0.0534. The quantitative estimate of drug-likeness (QED) is 0.713. The average Bonchev–Trinajstić information content (AvgIpc) is 2.77. The summed E-state index contributed by atoms with van der Waals surface area (Å²) in [6.07, 6.45) is 5.52. The molecule has 1 fully saturated rings. The van der Waals surface area contributed by atoms with Gasteiger partial charge >= 0.3 is 0 Å². The van der Waals surface area contributed by atoms with Crippen molar-refractivity contribution in [1.82, 2.24) is 10.2 Å². The summed E-state index contributed by atoms with van der Waals surface area (Å²) < 4.78 is 0. The van der Waals surface area contributed by atoms with Gasteiger partial charge < -0.3 is 10.2 Å². The van der Waals surface area contributed by atoms with E-state index in [1.54, 1.807) is 0 Å². The van der Waals surface area contributed by atoms with Crippen LogP contribution >= 0.6 is 0 Å². The fourth-order valence-electron chi connectivity index (χ4n) is 2.29. The van der Waals surface area contributed by atoms with E-state index in [0.29, 0.717) is 6.54 Å². The summed E-state index contributed by atoms with van der Waals surface area (Å²) in [5, 5.41) is 12.1. The molecule has 0 unspecified atom stereocenters. The highest BCUT2D eigenvalue weighted by molar-refractivity contribution is 5.85. The Hall–Kier alpha value is -1.08. The Morgan fingerprint density at radius 3 is 2.53 bits per heavy atom. The highest BCUT2D eigenvalue weighted by Crippen LogP contribution is 2.37. The highest BCUT2D eigenvalue weighted by atomic mass is 16.2. The van der Waals surface area contributed by atoms with Crippen LogP contribution in [0.2, 0.25) is 0 Å². The maximum atomic E-state index is 12.0. The van der Waals surface area contributed by atoms with Crippen molar-refractivity contribution in [2.24, 2.45) is 5.41 Å². The van der Waals surface area contributed by atoms with E-state index in [9.17, 15) is 4.79 Å². The summed E-state index contributed by atoms with van der Waals surface area (Å²) in [4.78, 5) is 14.1. The summed E-state index contributed by atoms with van der Waals surface area (Å²) in [6.45, 7) is 1.73. The molecule has 4 heteroatoms. The number of nitrogens with one attached hydrogen (secondary N) is 1. The Labute approximate surface area is 104 Å². The normalized spacial score (nSPS) is 18.0. The van der Waals surface area contributed by atoms with Gasteiger partial charge in [0.15, 0.2) is 0 Å². The molecule has 0 bridgehead atoms. The van der Waals surface area contributed by atoms with Gasteiger partial charge in [-0.05, 0) is 46.3 Å². The van der Waals surface area contributed by atoms with Gasteiger partial charge in [0.2, 0.25) is 5.91 Å². The van der Waals surface area contributed by atoms with Crippen molar-refractivity contribution >= 4 is 5.91 Å². The number of rotatable bonds is 6. The van der Waals surface area contributed by atoms with Crippen LogP contribution in [0.15, 0.2) is 0 Å². The van der Waals surface area contributed by atoms with Crippen molar-refractivity contribution < 1.29 is 4.79 Å². The molecule has 0 spiro atoms. The molecular weight excluding hydrogens is 214 g/mol.